The van der Waals surface area contributed by atoms with Crippen LogP contribution < -0.4 is 0 Å². The SMILES string of the molecule is CCc1ccc(C(=O)O[C@H]2CCc3cccnc32)cc1. The van der Waals surface area contributed by atoms with E-state index in [4.69, 9.17) is 4.74 Å². The molecule has 0 bridgehead atoms. The summed E-state index contributed by atoms with van der Waals surface area (Å²) in [6, 6.07) is 11.6. The number of carbonyl (C=O) groups excluding carboxylic acids is 1. The molecule has 1 aromatic heterocycles. The second-order valence-electron chi connectivity index (χ2n) is 5.03. The van der Waals surface area contributed by atoms with Gasteiger partial charge in [-0.05, 0) is 48.6 Å². The first-order valence-electron chi connectivity index (χ1n) is 7.01. The van der Waals surface area contributed by atoms with Crippen LogP contribution in [-0.4, -0.2) is 11.0 Å². The molecule has 1 atom stereocenters. The molecule has 0 fully saturated rings. The largest absolute Gasteiger partial charge is 0.452 e. The van der Waals surface area contributed by atoms with Gasteiger partial charge in [0.1, 0.15) is 6.10 Å². The number of nitrogens with zero attached hydrogens (tertiary/aromatic N) is 1. The monoisotopic (exact) mass is 267 g/mol. The van der Waals surface area contributed by atoms with Crippen LogP contribution >= 0.6 is 0 Å². The summed E-state index contributed by atoms with van der Waals surface area (Å²) in [6.07, 6.45) is 4.27. The van der Waals surface area contributed by atoms with Crippen molar-refractivity contribution in [3.63, 3.8) is 0 Å². The first kappa shape index (κ1) is 12.9. The maximum Gasteiger partial charge on any atom is 0.338 e. The lowest BCUT2D eigenvalue weighted by atomic mass is 10.1. The Balaban J connectivity index is 1.73. The molecule has 3 nitrogen and oxygen atoms in total. The number of carbonyl (C=O) groups is 1. The summed E-state index contributed by atoms with van der Waals surface area (Å²) in [6.45, 7) is 2.09. The molecule has 1 aliphatic rings. The molecular weight excluding hydrogens is 250 g/mol. The van der Waals surface area contributed by atoms with Gasteiger partial charge in [-0.15, -0.1) is 0 Å². The molecular formula is C17H17NO2. The van der Waals surface area contributed by atoms with Crippen molar-refractivity contribution in [3.05, 3.63) is 65.0 Å². The number of aryl methyl sites for hydroxylation is 2. The molecule has 0 saturated carbocycles. The van der Waals surface area contributed by atoms with Crippen LogP contribution in [0.1, 0.15) is 46.6 Å². The molecule has 1 heterocycles. The zero-order valence-electron chi connectivity index (χ0n) is 11.5. The number of fused-ring (bicyclic) bond motifs is 1. The van der Waals surface area contributed by atoms with Crippen molar-refractivity contribution >= 4 is 5.97 Å². The van der Waals surface area contributed by atoms with Crippen LogP contribution in [0.25, 0.3) is 0 Å². The summed E-state index contributed by atoms with van der Waals surface area (Å²) < 4.78 is 5.60. The molecule has 1 aliphatic carbocycles. The topological polar surface area (TPSA) is 39.2 Å². The number of ether oxygens (including phenoxy) is 1. The Morgan fingerprint density at radius 3 is 2.85 bits per heavy atom. The third-order valence-corrected chi connectivity index (χ3v) is 3.75. The zero-order valence-corrected chi connectivity index (χ0v) is 11.5. The predicted molar refractivity (Wildman–Crippen MR) is 76.5 cm³/mol. The Morgan fingerprint density at radius 2 is 2.10 bits per heavy atom. The van der Waals surface area contributed by atoms with Crippen LogP contribution in [0.4, 0.5) is 0 Å². The highest BCUT2D eigenvalue weighted by atomic mass is 16.5. The van der Waals surface area contributed by atoms with Gasteiger partial charge in [0.25, 0.3) is 0 Å². The van der Waals surface area contributed by atoms with Crippen molar-refractivity contribution < 1.29 is 9.53 Å². The Kier molecular flexibility index (Phi) is 3.50. The fraction of sp³-hybridized carbons (Fsp3) is 0.294. The van der Waals surface area contributed by atoms with E-state index in [0.717, 1.165) is 25.0 Å². The highest BCUT2D eigenvalue weighted by molar-refractivity contribution is 5.89. The molecule has 2 aromatic rings. The number of esters is 1. The molecule has 102 valence electrons. The number of benzene rings is 1. The summed E-state index contributed by atoms with van der Waals surface area (Å²) in [4.78, 5) is 16.5. The first-order valence-corrected chi connectivity index (χ1v) is 7.01. The zero-order chi connectivity index (χ0) is 13.9. The molecule has 20 heavy (non-hydrogen) atoms. The molecule has 0 aliphatic heterocycles. The van der Waals surface area contributed by atoms with Crippen molar-refractivity contribution in [3.8, 4) is 0 Å². The summed E-state index contributed by atoms with van der Waals surface area (Å²) in [5.74, 6) is -0.267. The van der Waals surface area contributed by atoms with Crippen LogP contribution in [0, 0.1) is 0 Å². The van der Waals surface area contributed by atoms with Crippen molar-refractivity contribution in [1.82, 2.24) is 4.98 Å². The quantitative estimate of drug-likeness (QED) is 0.799. The first-order chi connectivity index (χ1) is 9.78. The smallest absolute Gasteiger partial charge is 0.338 e. The van der Waals surface area contributed by atoms with Gasteiger partial charge >= 0.3 is 5.97 Å². The minimum Gasteiger partial charge on any atom is -0.452 e. The average molecular weight is 267 g/mol. The lowest BCUT2D eigenvalue weighted by Gasteiger charge is -2.12. The van der Waals surface area contributed by atoms with Crippen LogP contribution in [0.15, 0.2) is 42.6 Å². The Hall–Kier alpha value is -2.16. The number of rotatable bonds is 3. The Bertz CT molecular complexity index is 619. The van der Waals surface area contributed by atoms with Gasteiger partial charge in [-0.2, -0.15) is 0 Å². The summed E-state index contributed by atoms with van der Waals surface area (Å²) >= 11 is 0. The van der Waals surface area contributed by atoms with E-state index in [-0.39, 0.29) is 12.1 Å². The lowest BCUT2D eigenvalue weighted by molar-refractivity contribution is 0.0293. The summed E-state index contributed by atoms with van der Waals surface area (Å²) in [7, 11) is 0. The van der Waals surface area contributed by atoms with E-state index in [1.54, 1.807) is 6.20 Å². The number of aromatic nitrogens is 1. The van der Waals surface area contributed by atoms with Gasteiger partial charge in [-0.25, -0.2) is 4.79 Å². The molecule has 0 saturated heterocycles. The molecule has 3 rings (SSSR count). The van der Waals surface area contributed by atoms with Crippen LogP contribution in [0.5, 0.6) is 0 Å². The van der Waals surface area contributed by atoms with E-state index in [1.165, 1.54) is 11.1 Å². The normalized spacial score (nSPS) is 16.8. The van der Waals surface area contributed by atoms with Crippen LogP contribution in [0.3, 0.4) is 0 Å². The maximum absolute atomic E-state index is 12.2. The molecule has 1 aromatic carbocycles. The van der Waals surface area contributed by atoms with Crippen molar-refractivity contribution in [2.75, 3.05) is 0 Å². The van der Waals surface area contributed by atoms with Gasteiger partial charge < -0.3 is 4.74 Å². The lowest BCUT2D eigenvalue weighted by Crippen LogP contribution is -2.10. The minimum atomic E-state index is -0.267. The second-order valence-corrected chi connectivity index (χ2v) is 5.03. The van der Waals surface area contributed by atoms with E-state index < -0.39 is 0 Å². The van der Waals surface area contributed by atoms with E-state index >= 15 is 0 Å². The highest BCUT2D eigenvalue weighted by Crippen LogP contribution is 2.32. The second kappa shape index (κ2) is 5.45. The minimum absolute atomic E-state index is 0.204. The maximum atomic E-state index is 12.2. The van der Waals surface area contributed by atoms with Gasteiger partial charge in [0, 0.05) is 6.20 Å². The number of pyridine rings is 1. The Morgan fingerprint density at radius 1 is 1.30 bits per heavy atom. The molecule has 0 unspecified atom stereocenters. The van der Waals surface area contributed by atoms with Crippen molar-refractivity contribution in [1.29, 1.82) is 0 Å². The van der Waals surface area contributed by atoms with Crippen LogP contribution in [-0.2, 0) is 17.6 Å². The van der Waals surface area contributed by atoms with Gasteiger partial charge in [-0.3, -0.25) is 4.98 Å². The van der Waals surface area contributed by atoms with Gasteiger partial charge in [0.15, 0.2) is 0 Å². The molecule has 0 amide bonds. The summed E-state index contributed by atoms with van der Waals surface area (Å²) in [5.41, 5.74) is 3.92. The standard InChI is InChI=1S/C17H17NO2/c1-2-12-5-7-14(8-6-12)17(19)20-15-10-9-13-4-3-11-18-16(13)15/h3-8,11,15H,2,9-10H2,1H3/t15-/m0/s1. The van der Waals surface area contributed by atoms with E-state index in [9.17, 15) is 4.79 Å². The van der Waals surface area contributed by atoms with Gasteiger partial charge in [-0.1, -0.05) is 25.1 Å². The van der Waals surface area contributed by atoms with Gasteiger partial charge in [0.05, 0.1) is 11.3 Å². The predicted octanol–water partition coefficient (Wildman–Crippen LogP) is 3.49. The number of hydrogen-bond donors (Lipinski definition) is 0. The Labute approximate surface area is 118 Å². The van der Waals surface area contributed by atoms with E-state index in [0.29, 0.717) is 5.56 Å². The average Bonchev–Trinajstić information content (AvgIpc) is 2.91. The van der Waals surface area contributed by atoms with E-state index in [1.807, 2.05) is 36.4 Å². The van der Waals surface area contributed by atoms with Crippen molar-refractivity contribution in [2.45, 2.75) is 32.3 Å². The molecule has 0 radical (unpaired) electrons. The molecule has 0 N–H and O–H groups in total. The molecule has 0 spiro atoms. The van der Waals surface area contributed by atoms with E-state index in [2.05, 4.69) is 11.9 Å². The van der Waals surface area contributed by atoms with Gasteiger partial charge in [0.2, 0.25) is 0 Å². The third kappa shape index (κ3) is 2.44. The summed E-state index contributed by atoms with van der Waals surface area (Å²) in [5, 5.41) is 0. The fourth-order valence-electron chi connectivity index (χ4n) is 2.56. The fourth-order valence-corrected chi connectivity index (χ4v) is 2.56. The third-order valence-electron chi connectivity index (χ3n) is 3.75. The van der Waals surface area contributed by atoms with Crippen molar-refractivity contribution in [2.24, 2.45) is 0 Å². The highest BCUT2D eigenvalue weighted by Gasteiger charge is 2.27. The number of hydrogen-bond acceptors (Lipinski definition) is 3. The van der Waals surface area contributed by atoms with Crippen LogP contribution in [0.2, 0.25) is 0 Å². The molecule has 3 heteroatoms.